The smallest absolute Gasteiger partial charge is 0.319 e. The molecule has 3 aromatic rings. The van der Waals surface area contributed by atoms with Gasteiger partial charge in [0.15, 0.2) is 0 Å². The molecule has 2 heterocycles. The van der Waals surface area contributed by atoms with Crippen molar-refractivity contribution in [3.63, 3.8) is 0 Å². The van der Waals surface area contributed by atoms with Crippen molar-refractivity contribution in [3.05, 3.63) is 52.5 Å². The first-order valence-corrected chi connectivity index (χ1v) is 9.87. The highest BCUT2D eigenvalue weighted by Gasteiger charge is 2.14. The van der Waals surface area contributed by atoms with Gasteiger partial charge >= 0.3 is 6.03 Å². The van der Waals surface area contributed by atoms with Gasteiger partial charge in [-0.25, -0.2) is 4.79 Å². The fourth-order valence-electron chi connectivity index (χ4n) is 3.03. The lowest BCUT2D eigenvalue weighted by atomic mass is 10.1. The topological polar surface area (TPSA) is 68.2 Å². The number of thiophene rings is 1. The summed E-state index contributed by atoms with van der Waals surface area (Å²) in [5.74, 6) is 0.661. The lowest BCUT2D eigenvalue weighted by Crippen LogP contribution is -2.32. The van der Waals surface area contributed by atoms with Crippen LogP contribution in [-0.4, -0.2) is 29.0 Å². The Kier molecular flexibility index (Phi) is 6.13. The molecule has 1 aromatic carbocycles. The van der Waals surface area contributed by atoms with E-state index in [9.17, 15) is 4.79 Å². The van der Waals surface area contributed by atoms with Gasteiger partial charge in [0.25, 0.3) is 0 Å². The fraction of sp³-hybridized carbons (Fsp3) is 0.300. The summed E-state index contributed by atoms with van der Waals surface area (Å²) < 4.78 is 7.46. The van der Waals surface area contributed by atoms with Crippen molar-refractivity contribution in [2.45, 2.75) is 27.3 Å². The Morgan fingerprint density at radius 3 is 2.81 bits per heavy atom. The van der Waals surface area contributed by atoms with Crippen LogP contribution in [0.3, 0.4) is 0 Å². The minimum Gasteiger partial charge on any atom is -0.492 e. The number of carbonyl (C=O) groups excluding carboxylic acids is 1. The van der Waals surface area contributed by atoms with Crippen LogP contribution in [0.5, 0.6) is 5.75 Å². The minimum atomic E-state index is -0.262. The standard InChI is InChI=1S/C20H24N4O2S/c1-4-26-18-8-6-5-7-17(18)22-20(25)21-10-11-24-15(3)19(14(2)23-24)16-9-12-27-13-16/h5-9,12-13H,4,10-11H2,1-3H3,(H2,21,22,25). The number of rotatable bonds is 7. The number of nitrogens with one attached hydrogen (secondary N) is 2. The molecule has 2 amide bonds. The van der Waals surface area contributed by atoms with Crippen LogP contribution in [0, 0.1) is 13.8 Å². The molecule has 0 aliphatic carbocycles. The van der Waals surface area contributed by atoms with Gasteiger partial charge in [-0.2, -0.15) is 16.4 Å². The van der Waals surface area contributed by atoms with Gasteiger partial charge in [-0.15, -0.1) is 0 Å². The zero-order chi connectivity index (χ0) is 19.2. The normalized spacial score (nSPS) is 10.6. The van der Waals surface area contributed by atoms with Crippen molar-refractivity contribution in [3.8, 4) is 16.9 Å². The van der Waals surface area contributed by atoms with E-state index in [4.69, 9.17) is 4.74 Å². The number of aryl methyl sites for hydroxylation is 1. The first-order valence-electron chi connectivity index (χ1n) is 8.93. The van der Waals surface area contributed by atoms with E-state index in [1.807, 2.05) is 42.8 Å². The van der Waals surface area contributed by atoms with E-state index < -0.39 is 0 Å². The predicted molar refractivity (Wildman–Crippen MR) is 110 cm³/mol. The molecule has 0 spiro atoms. The Morgan fingerprint density at radius 1 is 1.26 bits per heavy atom. The molecular formula is C20H24N4O2S. The molecule has 6 nitrogen and oxygen atoms in total. The zero-order valence-corrected chi connectivity index (χ0v) is 16.6. The van der Waals surface area contributed by atoms with Crippen molar-refractivity contribution in [1.82, 2.24) is 15.1 Å². The molecule has 2 N–H and O–H groups in total. The second kappa shape index (κ2) is 8.73. The highest BCUT2D eigenvalue weighted by molar-refractivity contribution is 7.08. The number of carbonyl (C=O) groups is 1. The highest BCUT2D eigenvalue weighted by atomic mass is 32.1. The molecule has 0 saturated carbocycles. The summed E-state index contributed by atoms with van der Waals surface area (Å²) in [4.78, 5) is 12.2. The predicted octanol–water partition coefficient (Wildman–Crippen LogP) is 4.45. The van der Waals surface area contributed by atoms with E-state index in [1.165, 1.54) is 11.1 Å². The molecular weight excluding hydrogens is 360 g/mol. The van der Waals surface area contributed by atoms with Gasteiger partial charge in [-0.05, 0) is 55.3 Å². The third-order valence-corrected chi connectivity index (χ3v) is 4.92. The minimum absolute atomic E-state index is 0.262. The molecule has 3 rings (SSSR count). The van der Waals surface area contributed by atoms with E-state index in [0.29, 0.717) is 31.1 Å². The maximum atomic E-state index is 12.2. The Labute approximate surface area is 163 Å². The number of ether oxygens (including phenoxy) is 1. The fourth-order valence-corrected chi connectivity index (χ4v) is 3.68. The Hall–Kier alpha value is -2.80. The average molecular weight is 385 g/mol. The van der Waals surface area contributed by atoms with Crippen LogP contribution in [0.25, 0.3) is 11.1 Å². The first-order chi connectivity index (χ1) is 13.1. The molecule has 0 bridgehead atoms. The van der Waals surface area contributed by atoms with Crippen LogP contribution in [-0.2, 0) is 6.54 Å². The quantitative estimate of drug-likeness (QED) is 0.632. The number of amides is 2. The number of hydrogen-bond donors (Lipinski definition) is 2. The van der Waals surface area contributed by atoms with Gasteiger partial charge < -0.3 is 15.4 Å². The largest absolute Gasteiger partial charge is 0.492 e. The number of aromatic nitrogens is 2. The van der Waals surface area contributed by atoms with Gasteiger partial charge in [0.1, 0.15) is 5.75 Å². The first kappa shape index (κ1) is 19.0. The summed E-state index contributed by atoms with van der Waals surface area (Å²) >= 11 is 1.68. The lowest BCUT2D eigenvalue weighted by molar-refractivity contribution is 0.251. The summed E-state index contributed by atoms with van der Waals surface area (Å²) in [6, 6.07) is 9.23. The second-order valence-corrected chi connectivity index (χ2v) is 6.87. The summed E-state index contributed by atoms with van der Waals surface area (Å²) in [7, 11) is 0. The molecule has 0 atom stereocenters. The number of urea groups is 1. The highest BCUT2D eigenvalue weighted by Crippen LogP contribution is 2.28. The summed E-state index contributed by atoms with van der Waals surface area (Å²) in [5, 5.41) is 14.5. The molecule has 0 aliphatic rings. The monoisotopic (exact) mass is 384 g/mol. The second-order valence-electron chi connectivity index (χ2n) is 6.09. The van der Waals surface area contributed by atoms with E-state index in [0.717, 1.165) is 11.4 Å². The van der Waals surface area contributed by atoms with Crippen molar-refractivity contribution in [2.24, 2.45) is 0 Å². The molecule has 142 valence electrons. The number of para-hydroxylation sites is 2. The Balaban J connectivity index is 1.58. The third-order valence-electron chi connectivity index (χ3n) is 4.24. The molecule has 0 saturated heterocycles. The van der Waals surface area contributed by atoms with Crippen LogP contribution in [0.1, 0.15) is 18.3 Å². The van der Waals surface area contributed by atoms with E-state index in [-0.39, 0.29) is 6.03 Å². The molecule has 2 aromatic heterocycles. The Morgan fingerprint density at radius 2 is 2.07 bits per heavy atom. The molecule has 27 heavy (non-hydrogen) atoms. The summed E-state index contributed by atoms with van der Waals surface area (Å²) in [5.41, 5.74) is 5.13. The average Bonchev–Trinajstić information content (AvgIpc) is 3.25. The van der Waals surface area contributed by atoms with Gasteiger partial charge in [-0.1, -0.05) is 12.1 Å². The third kappa shape index (κ3) is 4.49. The number of benzene rings is 1. The van der Waals surface area contributed by atoms with Crippen molar-refractivity contribution in [1.29, 1.82) is 0 Å². The van der Waals surface area contributed by atoms with Crippen molar-refractivity contribution in [2.75, 3.05) is 18.5 Å². The lowest BCUT2D eigenvalue weighted by Gasteiger charge is -2.12. The van der Waals surface area contributed by atoms with E-state index in [1.54, 1.807) is 11.3 Å². The van der Waals surface area contributed by atoms with Crippen LogP contribution in [0.15, 0.2) is 41.1 Å². The summed E-state index contributed by atoms with van der Waals surface area (Å²) in [6.45, 7) is 7.62. The zero-order valence-electron chi connectivity index (χ0n) is 15.8. The molecule has 0 aliphatic heterocycles. The van der Waals surface area contributed by atoms with E-state index in [2.05, 4.69) is 39.5 Å². The number of anilines is 1. The van der Waals surface area contributed by atoms with Crippen LogP contribution in [0.2, 0.25) is 0 Å². The Bertz CT molecular complexity index is 903. The van der Waals surface area contributed by atoms with Crippen LogP contribution in [0.4, 0.5) is 10.5 Å². The number of hydrogen-bond acceptors (Lipinski definition) is 4. The molecule has 0 fully saturated rings. The summed E-state index contributed by atoms with van der Waals surface area (Å²) in [6.07, 6.45) is 0. The van der Waals surface area contributed by atoms with Crippen molar-refractivity contribution >= 4 is 23.1 Å². The SMILES string of the molecule is CCOc1ccccc1NC(=O)NCCn1nc(C)c(-c2ccsc2)c1C. The maximum Gasteiger partial charge on any atom is 0.319 e. The van der Waals surface area contributed by atoms with Crippen LogP contribution < -0.4 is 15.4 Å². The van der Waals surface area contributed by atoms with Gasteiger partial charge in [0.2, 0.25) is 0 Å². The molecule has 7 heteroatoms. The van der Waals surface area contributed by atoms with Crippen molar-refractivity contribution < 1.29 is 9.53 Å². The van der Waals surface area contributed by atoms with E-state index >= 15 is 0 Å². The van der Waals surface area contributed by atoms with Gasteiger partial charge in [0, 0.05) is 17.8 Å². The van der Waals surface area contributed by atoms with Crippen LogP contribution >= 0.6 is 11.3 Å². The molecule has 0 radical (unpaired) electrons. The van der Waals surface area contributed by atoms with Gasteiger partial charge in [-0.3, -0.25) is 4.68 Å². The molecule has 0 unspecified atom stereocenters. The number of nitrogens with zero attached hydrogens (tertiary/aromatic N) is 2. The van der Waals surface area contributed by atoms with Gasteiger partial charge in [0.05, 0.1) is 24.5 Å². The maximum absolute atomic E-state index is 12.2.